The zero-order valence-corrected chi connectivity index (χ0v) is 17.4. The molecule has 0 saturated carbocycles. The van der Waals surface area contributed by atoms with E-state index in [-0.39, 0.29) is 23.7 Å². The van der Waals surface area contributed by atoms with E-state index in [1.165, 1.54) is 7.11 Å². The number of hydrogen-bond donors (Lipinski definition) is 0. The number of likely N-dealkylation sites (tertiary alicyclic amines) is 2. The number of rotatable bonds is 3. The van der Waals surface area contributed by atoms with Gasteiger partial charge in [-0.15, -0.1) is 0 Å². The topological polar surface area (TPSA) is 66.9 Å². The quantitative estimate of drug-likeness (QED) is 0.732. The van der Waals surface area contributed by atoms with Gasteiger partial charge in [0.2, 0.25) is 5.91 Å². The van der Waals surface area contributed by atoms with E-state index in [4.69, 9.17) is 4.74 Å². The number of ether oxygens (including phenoxy) is 1. The van der Waals surface area contributed by atoms with E-state index in [0.717, 1.165) is 23.6 Å². The fourth-order valence-corrected chi connectivity index (χ4v) is 4.72. The predicted molar refractivity (Wildman–Crippen MR) is 114 cm³/mol. The van der Waals surface area contributed by atoms with Crippen LogP contribution in [0, 0.1) is 5.92 Å². The van der Waals surface area contributed by atoms with Crippen LogP contribution in [0.25, 0.3) is 10.8 Å². The van der Waals surface area contributed by atoms with Crippen LogP contribution in [0.2, 0.25) is 0 Å². The first-order chi connectivity index (χ1) is 14.6. The van der Waals surface area contributed by atoms with Gasteiger partial charge in [-0.3, -0.25) is 9.59 Å². The Morgan fingerprint density at radius 3 is 2.40 bits per heavy atom. The average molecular weight is 408 g/mol. The second kappa shape index (κ2) is 8.86. The summed E-state index contributed by atoms with van der Waals surface area (Å²) in [4.78, 5) is 41.9. The van der Waals surface area contributed by atoms with E-state index in [1.54, 1.807) is 4.90 Å². The van der Waals surface area contributed by atoms with Crippen molar-refractivity contribution in [3.05, 3.63) is 48.0 Å². The van der Waals surface area contributed by atoms with Crippen LogP contribution < -0.4 is 0 Å². The first-order valence-corrected chi connectivity index (χ1v) is 10.8. The molecule has 6 nitrogen and oxygen atoms in total. The van der Waals surface area contributed by atoms with Gasteiger partial charge in [-0.2, -0.15) is 0 Å². The molecule has 30 heavy (non-hydrogen) atoms. The van der Waals surface area contributed by atoms with Crippen LogP contribution in [-0.4, -0.2) is 60.4 Å². The lowest BCUT2D eigenvalue weighted by Gasteiger charge is -2.38. The molecular formula is C24H28N2O4. The van der Waals surface area contributed by atoms with E-state index < -0.39 is 6.04 Å². The summed E-state index contributed by atoms with van der Waals surface area (Å²) in [6, 6.07) is 13.2. The van der Waals surface area contributed by atoms with Crippen molar-refractivity contribution in [3.8, 4) is 0 Å². The monoisotopic (exact) mass is 408 g/mol. The molecule has 0 aliphatic carbocycles. The third-order valence-corrected chi connectivity index (χ3v) is 6.41. The van der Waals surface area contributed by atoms with Gasteiger partial charge in [0.05, 0.1) is 7.11 Å². The maximum Gasteiger partial charge on any atom is 0.328 e. The first-order valence-electron chi connectivity index (χ1n) is 10.8. The summed E-state index contributed by atoms with van der Waals surface area (Å²) in [6.07, 6.45) is 3.76. The number of benzene rings is 2. The van der Waals surface area contributed by atoms with Crippen LogP contribution in [0.4, 0.5) is 0 Å². The smallest absolute Gasteiger partial charge is 0.328 e. The molecule has 2 heterocycles. The van der Waals surface area contributed by atoms with Crippen LogP contribution in [0.1, 0.15) is 42.5 Å². The van der Waals surface area contributed by atoms with Crippen LogP contribution >= 0.6 is 0 Å². The summed E-state index contributed by atoms with van der Waals surface area (Å²) < 4.78 is 4.90. The molecule has 2 aliphatic rings. The Morgan fingerprint density at radius 2 is 1.63 bits per heavy atom. The lowest BCUT2D eigenvalue weighted by atomic mass is 9.92. The molecule has 6 heteroatoms. The number of methoxy groups -OCH3 is 1. The maximum atomic E-state index is 13.1. The molecule has 2 amide bonds. The van der Waals surface area contributed by atoms with Crippen molar-refractivity contribution in [1.82, 2.24) is 9.80 Å². The van der Waals surface area contributed by atoms with Gasteiger partial charge in [0, 0.05) is 31.1 Å². The Bertz CT molecular complexity index is 944. The molecule has 1 atom stereocenters. The summed E-state index contributed by atoms with van der Waals surface area (Å²) >= 11 is 0. The van der Waals surface area contributed by atoms with Gasteiger partial charge >= 0.3 is 5.97 Å². The maximum absolute atomic E-state index is 13.1. The van der Waals surface area contributed by atoms with Crippen LogP contribution in [-0.2, 0) is 14.3 Å². The van der Waals surface area contributed by atoms with Gasteiger partial charge in [0.1, 0.15) is 6.04 Å². The summed E-state index contributed by atoms with van der Waals surface area (Å²) in [7, 11) is 1.37. The normalized spacial score (nSPS) is 20.2. The minimum absolute atomic E-state index is 0.0168. The number of fused-ring (bicyclic) bond motifs is 1. The number of hydrogen-bond acceptors (Lipinski definition) is 4. The number of amides is 2. The molecule has 0 aromatic heterocycles. The molecule has 2 aromatic rings. The third-order valence-electron chi connectivity index (χ3n) is 6.41. The Kier molecular flexibility index (Phi) is 6.02. The second-order valence-electron chi connectivity index (χ2n) is 8.16. The zero-order chi connectivity index (χ0) is 21.1. The highest BCUT2D eigenvalue weighted by molar-refractivity contribution is 6.07. The van der Waals surface area contributed by atoms with Crippen molar-refractivity contribution in [2.24, 2.45) is 5.92 Å². The molecule has 0 radical (unpaired) electrons. The molecule has 2 saturated heterocycles. The second-order valence-corrected chi connectivity index (χ2v) is 8.16. The molecule has 4 rings (SSSR count). The van der Waals surface area contributed by atoms with E-state index in [0.29, 0.717) is 44.5 Å². The lowest BCUT2D eigenvalue weighted by molar-refractivity contribution is -0.156. The largest absolute Gasteiger partial charge is 0.467 e. The summed E-state index contributed by atoms with van der Waals surface area (Å²) in [5.74, 6) is -0.427. The number of piperidine rings is 2. The molecular weight excluding hydrogens is 380 g/mol. The molecule has 2 aliphatic heterocycles. The predicted octanol–water partition coefficient (Wildman–Crippen LogP) is 3.25. The fourth-order valence-electron chi connectivity index (χ4n) is 4.72. The minimum atomic E-state index is -0.466. The number of carbonyl (C=O) groups is 3. The van der Waals surface area contributed by atoms with E-state index in [1.807, 2.05) is 47.4 Å². The van der Waals surface area contributed by atoms with E-state index in [9.17, 15) is 14.4 Å². The average Bonchev–Trinajstić information content (AvgIpc) is 2.82. The van der Waals surface area contributed by atoms with Gasteiger partial charge in [0.15, 0.2) is 0 Å². The van der Waals surface area contributed by atoms with Crippen molar-refractivity contribution in [2.75, 3.05) is 26.7 Å². The molecule has 0 N–H and O–H groups in total. The van der Waals surface area contributed by atoms with E-state index in [2.05, 4.69) is 0 Å². The molecule has 2 fully saturated rings. The van der Waals surface area contributed by atoms with Gasteiger partial charge < -0.3 is 14.5 Å². The van der Waals surface area contributed by atoms with Crippen molar-refractivity contribution >= 4 is 28.6 Å². The molecule has 2 aromatic carbocycles. The van der Waals surface area contributed by atoms with Gasteiger partial charge in [-0.1, -0.05) is 36.4 Å². The lowest BCUT2D eigenvalue weighted by Crippen LogP contribution is -2.52. The number of esters is 1. The van der Waals surface area contributed by atoms with Crippen molar-refractivity contribution in [3.63, 3.8) is 0 Å². The fraction of sp³-hybridized carbons (Fsp3) is 0.458. The SMILES string of the molecule is COC(=O)C1CCCCN1C(=O)C1CCN(C(=O)c2cccc3ccccc23)CC1. The first kappa shape index (κ1) is 20.4. The molecule has 0 bridgehead atoms. The Morgan fingerprint density at radius 1 is 0.900 bits per heavy atom. The highest BCUT2D eigenvalue weighted by Crippen LogP contribution is 2.27. The minimum Gasteiger partial charge on any atom is -0.467 e. The van der Waals surface area contributed by atoms with E-state index >= 15 is 0 Å². The van der Waals surface area contributed by atoms with Crippen LogP contribution in [0.15, 0.2) is 42.5 Å². The van der Waals surface area contributed by atoms with Crippen molar-refractivity contribution in [2.45, 2.75) is 38.1 Å². The third kappa shape index (κ3) is 3.91. The summed E-state index contributed by atoms with van der Waals surface area (Å²) in [5.41, 5.74) is 0.708. The highest BCUT2D eigenvalue weighted by atomic mass is 16.5. The van der Waals surface area contributed by atoms with Crippen molar-refractivity contribution in [1.29, 1.82) is 0 Å². The van der Waals surface area contributed by atoms with Crippen molar-refractivity contribution < 1.29 is 19.1 Å². The summed E-state index contributed by atoms with van der Waals surface area (Å²) in [6.45, 7) is 1.71. The Hall–Kier alpha value is -2.89. The molecule has 158 valence electrons. The van der Waals surface area contributed by atoms with Crippen LogP contribution in [0.5, 0.6) is 0 Å². The molecule has 0 spiro atoms. The molecule has 1 unspecified atom stereocenters. The Labute approximate surface area is 176 Å². The van der Waals surface area contributed by atoms with Gasteiger partial charge in [0.25, 0.3) is 5.91 Å². The number of nitrogens with zero attached hydrogens (tertiary/aromatic N) is 2. The number of carbonyl (C=O) groups excluding carboxylic acids is 3. The van der Waals surface area contributed by atoms with Gasteiger partial charge in [-0.25, -0.2) is 4.79 Å². The highest BCUT2D eigenvalue weighted by Gasteiger charge is 2.37. The zero-order valence-electron chi connectivity index (χ0n) is 17.4. The van der Waals surface area contributed by atoms with Crippen LogP contribution in [0.3, 0.4) is 0 Å². The van der Waals surface area contributed by atoms with Gasteiger partial charge in [-0.05, 0) is 48.9 Å². The summed E-state index contributed by atoms with van der Waals surface area (Å²) in [5, 5.41) is 2.00. The Balaban J connectivity index is 1.42. The standard InChI is InChI=1S/C24H28N2O4/c1-30-24(29)21-11-4-5-14-26(21)22(27)18-12-15-25(16-13-18)23(28)20-10-6-8-17-7-2-3-9-19(17)20/h2-3,6-10,18,21H,4-5,11-16H2,1H3.